The summed E-state index contributed by atoms with van der Waals surface area (Å²) in [5, 5.41) is 4.06. The first kappa shape index (κ1) is 15.4. The van der Waals surface area contributed by atoms with E-state index >= 15 is 0 Å². The molecule has 0 unspecified atom stereocenters. The van der Waals surface area contributed by atoms with Crippen LogP contribution in [0.4, 0.5) is 4.79 Å². The lowest BCUT2D eigenvalue weighted by atomic mass is 10.1. The zero-order chi connectivity index (χ0) is 15.5. The third kappa shape index (κ3) is 4.00. The number of nitrogens with one attached hydrogen (secondary N) is 1. The van der Waals surface area contributed by atoms with E-state index in [4.69, 9.17) is 4.74 Å². The molecule has 1 N–H and O–H groups in total. The van der Waals surface area contributed by atoms with E-state index in [2.05, 4.69) is 41.2 Å². The number of carbonyl (C=O) groups is 1. The van der Waals surface area contributed by atoms with Crippen LogP contribution in [0.15, 0.2) is 30.5 Å². The van der Waals surface area contributed by atoms with Gasteiger partial charge in [-0.2, -0.15) is 0 Å². The van der Waals surface area contributed by atoms with Crippen molar-refractivity contribution in [1.82, 2.24) is 9.88 Å². The molecule has 1 heterocycles. The van der Waals surface area contributed by atoms with E-state index in [-0.39, 0.29) is 6.09 Å². The Balaban J connectivity index is 1.99. The van der Waals surface area contributed by atoms with Gasteiger partial charge in [0.15, 0.2) is 0 Å². The molecule has 114 valence electrons. The normalized spacial score (nSPS) is 11.6. The molecule has 0 aliphatic heterocycles. The molecule has 0 saturated heterocycles. The lowest BCUT2D eigenvalue weighted by Crippen LogP contribution is -2.33. The zero-order valence-electron chi connectivity index (χ0n) is 13.3. The Kier molecular flexibility index (Phi) is 4.56. The second-order valence-corrected chi connectivity index (χ2v) is 6.14. The number of carbonyl (C=O) groups excluding carboxylic acids is 1. The number of hydrogen-bond acceptors (Lipinski definition) is 2. The van der Waals surface area contributed by atoms with Gasteiger partial charge < -0.3 is 14.6 Å². The molecule has 2 aromatic rings. The number of nitrogens with zero attached hydrogens (tertiary/aromatic N) is 1. The van der Waals surface area contributed by atoms with Crippen LogP contribution < -0.4 is 5.32 Å². The molecule has 4 heteroatoms. The van der Waals surface area contributed by atoms with Gasteiger partial charge in [0, 0.05) is 30.2 Å². The van der Waals surface area contributed by atoms with Crippen LogP contribution in [-0.4, -0.2) is 22.8 Å². The van der Waals surface area contributed by atoms with E-state index in [1.54, 1.807) is 0 Å². The Morgan fingerprint density at radius 3 is 2.67 bits per heavy atom. The second-order valence-electron chi connectivity index (χ2n) is 6.14. The van der Waals surface area contributed by atoms with E-state index in [1.807, 2.05) is 26.8 Å². The lowest BCUT2D eigenvalue weighted by Gasteiger charge is -2.19. The summed E-state index contributed by atoms with van der Waals surface area (Å²) >= 11 is 0. The summed E-state index contributed by atoms with van der Waals surface area (Å²) in [5.74, 6) is 0. The number of alkyl carbamates (subject to hydrolysis) is 1. The SMILES string of the molecule is CCn1cc(CCNC(=O)OC(C)(C)C)c2ccccc21. The van der Waals surface area contributed by atoms with Crippen LogP contribution in [0.1, 0.15) is 33.3 Å². The van der Waals surface area contributed by atoms with Gasteiger partial charge in [-0.25, -0.2) is 4.79 Å². The molecule has 2 rings (SSSR count). The zero-order valence-corrected chi connectivity index (χ0v) is 13.3. The molecule has 0 aliphatic carbocycles. The largest absolute Gasteiger partial charge is 0.444 e. The summed E-state index contributed by atoms with van der Waals surface area (Å²) in [7, 11) is 0. The van der Waals surface area contributed by atoms with Gasteiger partial charge in [0.05, 0.1) is 0 Å². The Morgan fingerprint density at radius 1 is 1.29 bits per heavy atom. The fourth-order valence-electron chi connectivity index (χ4n) is 2.40. The van der Waals surface area contributed by atoms with E-state index in [0.29, 0.717) is 6.54 Å². The van der Waals surface area contributed by atoms with Crippen molar-refractivity contribution in [3.05, 3.63) is 36.0 Å². The van der Waals surface area contributed by atoms with Gasteiger partial charge in [0.1, 0.15) is 5.60 Å². The molecular weight excluding hydrogens is 264 g/mol. The van der Waals surface area contributed by atoms with Crippen molar-refractivity contribution in [2.75, 3.05) is 6.54 Å². The molecule has 1 aromatic heterocycles. The van der Waals surface area contributed by atoms with Crippen molar-refractivity contribution in [3.63, 3.8) is 0 Å². The maximum atomic E-state index is 11.6. The molecule has 1 amide bonds. The molecule has 0 fully saturated rings. The predicted octanol–water partition coefficient (Wildman–Crippen LogP) is 3.73. The average Bonchev–Trinajstić information content (AvgIpc) is 2.75. The predicted molar refractivity (Wildman–Crippen MR) is 85.6 cm³/mol. The number of hydrogen-bond donors (Lipinski definition) is 1. The van der Waals surface area contributed by atoms with E-state index in [1.165, 1.54) is 16.5 Å². The van der Waals surface area contributed by atoms with Crippen LogP contribution in [0.5, 0.6) is 0 Å². The molecule has 0 atom stereocenters. The van der Waals surface area contributed by atoms with Gasteiger partial charge in [0.25, 0.3) is 0 Å². The van der Waals surface area contributed by atoms with Crippen molar-refractivity contribution in [2.24, 2.45) is 0 Å². The number of ether oxygens (including phenoxy) is 1. The third-order valence-corrected chi connectivity index (χ3v) is 3.27. The highest BCUT2D eigenvalue weighted by Gasteiger charge is 2.15. The van der Waals surface area contributed by atoms with Gasteiger partial charge in [0.2, 0.25) is 0 Å². The Morgan fingerprint density at radius 2 is 2.00 bits per heavy atom. The van der Waals surface area contributed by atoms with Crippen molar-refractivity contribution >= 4 is 17.0 Å². The van der Waals surface area contributed by atoms with Crippen LogP contribution in [0.3, 0.4) is 0 Å². The number of amides is 1. The Hall–Kier alpha value is -1.97. The van der Waals surface area contributed by atoms with Crippen LogP contribution in [0, 0.1) is 0 Å². The Bertz CT molecular complexity index is 623. The quantitative estimate of drug-likeness (QED) is 0.931. The van der Waals surface area contributed by atoms with Gasteiger partial charge in [-0.15, -0.1) is 0 Å². The minimum atomic E-state index is -0.456. The van der Waals surface area contributed by atoms with Crippen molar-refractivity contribution in [1.29, 1.82) is 0 Å². The number of aromatic nitrogens is 1. The fourth-order valence-corrected chi connectivity index (χ4v) is 2.40. The van der Waals surface area contributed by atoms with Crippen LogP contribution >= 0.6 is 0 Å². The molecular formula is C17H24N2O2. The fraction of sp³-hybridized carbons (Fsp3) is 0.471. The average molecular weight is 288 g/mol. The first-order valence-electron chi connectivity index (χ1n) is 7.44. The van der Waals surface area contributed by atoms with E-state index in [0.717, 1.165) is 13.0 Å². The highest BCUT2D eigenvalue weighted by atomic mass is 16.6. The van der Waals surface area contributed by atoms with E-state index in [9.17, 15) is 4.79 Å². The van der Waals surface area contributed by atoms with E-state index < -0.39 is 5.60 Å². The minimum Gasteiger partial charge on any atom is -0.444 e. The highest BCUT2D eigenvalue weighted by molar-refractivity contribution is 5.84. The first-order valence-corrected chi connectivity index (χ1v) is 7.44. The standard InChI is InChI=1S/C17H24N2O2/c1-5-19-12-13(14-8-6-7-9-15(14)19)10-11-18-16(20)21-17(2,3)4/h6-9,12H,5,10-11H2,1-4H3,(H,18,20). The van der Waals surface area contributed by atoms with Crippen LogP contribution in [-0.2, 0) is 17.7 Å². The molecule has 4 nitrogen and oxygen atoms in total. The summed E-state index contributed by atoms with van der Waals surface area (Å²) in [6.07, 6.45) is 2.61. The number of benzene rings is 1. The number of aryl methyl sites for hydroxylation is 1. The number of rotatable bonds is 4. The first-order chi connectivity index (χ1) is 9.90. The summed E-state index contributed by atoms with van der Waals surface area (Å²) < 4.78 is 7.47. The van der Waals surface area contributed by atoms with Crippen molar-refractivity contribution in [2.45, 2.75) is 46.3 Å². The Labute approximate surface area is 126 Å². The molecule has 0 bridgehead atoms. The van der Waals surface area contributed by atoms with Gasteiger partial charge in [-0.3, -0.25) is 0 Å². The second kappa shape index (κ2) is 6.20. The number of para-hydroxylation sites is 1. The summed E-state index contributed by atoms with van der Waals surface area (Å²) in [6.45, 7) is 9.24. The topological polar surface area (TPSA) is 43.3 Å². The van der Waals surface area contributed by atoms with Crippen LogP contribution in [0.25, 0.3) is 10.9 Å². The monoisotopic (exact) mass is 288 g/mol. The minimum absolute atomic E-state index is 0.360. The summed E-state index contributed by atoms with van der Waals surface area (Å²) in [4.78, 5) is 11.6. The lowest BCUT2D eigenvalue weighted by molar-refractivity contribution is 0.0528. The van der Waals surface area contributed by atoms with Gasteiger partial charge in [-0.1, -0.05) is 18.2 Å². The third-order valence-electron chi connectivity index (χ3n) is 3.27. The molecule has 0 radical (unpaired) electrons. The van der Waals surface area contributed by atoms with Gasteiger partial charge >= 0.3 is 6.09 Å². The maximum Gasteiger partial charge on any atom is 0.407 e. The summed E-state index contributed by atoms with van der Waals surface area (Å²) in [6, 6.07) is 8.36. The van der Waals surface area contributed by atoms with Gasteiger partial charge in [-0.05, 0) is 45.7 Å². The molecule has 21 heavy (non-hydrogen) atoms. The van der Waals surface area contributed by atoms with Crippen LogP contribution in [0.2, 0.25) is 0 Å². The molecule has 0 saturated carbocycles. The van der Waals surface area contributed by atoms with Crippen molar-refractivity contribution in [3.8, 4) is 0 Å². The summed E-state index contributed by atoms with van der Waals surface area (Å²) in [5.41, 5.74) is 2.04. The molecule has 1 aromatic carbocycles. The molecule has 0 aliphatic rings. The molecule has 0 spiro atoms. The van der Waals surface area contributed by atoms with Crippen molar-refractivity contribution < 1.29 is 9.53 Å². The maximum absolute atomic E-state index is 11.6. The number of fused-ring (bicyclic) bond motifs is 1. The smallest absolute Gasteiger partial charge is 0.407 e. The highest BCUT2D eigenvalue weighted by Crippen LogP contribution is 2.21.